The molecule has 0 bridgehead atoms. The summed E-state index contributed by atoms with van der Waals surface area (Å²) >= 11 is 0. The molecule has 1 amide bonds. The molecule has 0 saturated heterocycles. The van der Waals surface area contributed by atoms with Crippen LogP contribution < -0.4 is 15.8 Å². The minimum atomic E-state index is -0.301. The summed E-state index contributed by atoms with van der Waals surface area (Å²) in [7, 11) is 0. The zero-order chi connectivity index (χ0) is 17.6. The summed E-state index contributed by atoms with van der Waals surface area (Å²) < 4.78 is 5.77. The Morgan fingerprint density at radius 2 is 1.88 bits per heavy atom. The second-order valence-corrected chi connectivity index (χ2v) is 5.64. The van der Waals surface area contributed by atoms with Crippen LogP contribution in [0.1, 0.15) is 21.6 Å². The molecule has 126 valence electrons. The second-order valence-electron chi connectivity index (χ2n) is 5.64. The molecule has 0 aliphatic heterocycles. The van der Waals surface area contributed by atoms with Gasteiger partial charge in [0.15, 0.2) is 0 Å². The van der Waals surface area contributed by atoms with Crippen LogP contribution in [0.3, 0.4) is 0 Å². The molecule has 2 aromatic carbocycles. The first-order chi connectivity index (χ1) is 12.1. The third-order valence-electron chi connectivity index (χ3n) is 3.65. The van der Waals surface area contributed by atoms with Gasteiger partial charge in [-0.1, -0.05) is 36.4 Å². The zero-order valence-electron chi connectivity index (χ0n) is 13.9. The molecule has 5 heteroatoms. The van der Waals surface area contributed by atoms with Gasteiger partial charge in [-0.15, -0.1) is 0 Å². The molecular weight excluding hydrogens is 314 g/mol. The lowest BCUT2D eigenvalue weighted by molar-refractivity contribution is 0.102. The molecule has 0 fully saturated rings. The molecule has 1 heterocycles. The lowest BCUT2D eigenvalue weighted by Crippen LogP contribution is -2.15. The molecule has 3 rings (SSSR count). The van der Waals surface area contributed by atoms with Crippen molar-refractivity contribution in [2.75, 3.05) is 11.1 Å². The quantitative estimate of drug-likeness (QED) is 0.744. The van der Waals surface area contributed by atoms with Gasteiger partial charge in [0, 0.05) is 17.4 Å². The van der Waals surface area contributed by atoms with E-state index in [1.165, 1.54) is 0 Å². The van der Waals surface area contributed by atoms with Crippen molar-refractivity contribution in [3.63, 3.8) is 0 Å². The van der Waals surface area contributed by atoms with Crippen molar-refractivity contribution in [2.45, 2.75) is 13.5 Å². The van der Waals surface area contributed by atoms with E-state index < -0.39 is 0 Å². The van der Waals surface area contributed by atoms with Crippen LogP contribution in [0.15, 0.2) is 66.7 Å². The SMILES string of the molecule is Cc1ccc(C(=O)Nc2cccc(OCc3ccccc3)c2)c(N)n1. The largest absolute Gasteiger partial charge is 0.489 e. The summed E-state index contributed by atoms with van der Waals surface area (Å²) in [4.78, 5) is 16.5. The van der Waals surface area contributed by atoms with Crippen LogP contribution in [0.25, 0.3) is 0 Å². The van der Waals surface area contributed by atoms with Crippen LogP contribution in [0, 0.1) is 6.92 Å². The van der Waals surface area contributed by atoms with E-state index in [4.69, 9.17) is 10.5 Å². The maximum atomic E-state index is 12.4. The highest BCUT2D eigenvalue weighted by molar-refractivity contribution is 6.07. The van der Waals surface area contributed by atoms with Crippen LogP contribution >= 0.6 is 0 Å². The summed E-state index contributed by atoms with van der Waals surface area (Å²) in [6.07, 6.45) is 0. The molecule has 0 unspecified atom stereocenters. The average Bonchev–Trinajstić information content (AvgIpc) is 2.61. The minimum absolute atomic E-state index is 0.217. The summed E-state index contributed by atoms with van der Waals surface area (Å²) in [5.41, 5.74) is 8.65. The van der Waals surface area contributed by atoms with E-state index in [2.05, 4.69) is 10.3 Å². The van der Waals surface area contributed by atoms with Gasteiger partial charge in [-0.05, 0) is 36.8 Å². The minimum Gasteiger partial charge on any atom is -0.489 e. The van der Waals surface area contributed by atoms with E-state index in [0.717, 1.165) is 11.3 Å². The number of benzene rings is 2. The number of pyridine rings is 1. The third kappa shape index (κ3) is 4.35. The highest BCUT2D eigenvalue weighted by Gasteiger charge is 2.11. The number of rotatable bonds is 5. The number of aryl methyl sites for hydroxylation is 1. The number of aromatic nitrogens is 1. The normalized spacial score (nSPS) is 10.3. The lowest BCUT2D eigenvalue weighted by atomic mass is 10.2. The highest BCUT2D eigenvalue weighted by Crippen LogP contribution is 2.20. The molecule has 0 saturated carbocycles. The number of ether oxygens (including phenoxy) is 1. The summed E-state index contributed by atoms with van der Waals surface area (Å²) in [6.45, 7) is 2.29. The second kappa shape index (κ2) is 7.49. The van der Waals surface area contributed by atoms with Crippen LogP contribution in [0.2, 0.25) is 0 Å². The number of nitrogens with two attached hydrogens (primary N) is 1. The number of carbonyl (C=O) groups is 1. The monoisotopic (exact) mass is 333 g/mol. The topological polar surface area (TPSA) is 77.2 Å². The Balaban J connectivity index is 1.68. The first kappa shape index (κ1) is 16.5. The first-order valence-corrected chi connectivity index (χ1v) is 7.93. The van der Waals surface area contributed by atoms with Gasteiger partial charge in [-0.25, -0.2) is 4.98 Å². The molecule has 0 radical (unpaired) electrons. The van der Waals surface area contributed by atoms with E-state index in [0.29, 0.717) is 23.6 Å². The fourth-order valence-electron chi connectivity index (χ4n) is 2.37. The Hall–Kier alpha value is -3.34. The van der Waals surface area contributed by atoms with Crippen molar-refractivity contribution in [3.05, 3.63) is 83.6 Å². The fourth-order valence-corrected chi connectivity index (χ4v) is 2.37. The maximum Gasteiger partial charge on any atom is 0.259 e. The molecule has 25 heavy (non-hydrogen) atoms. The van der Waals surface area contributed by atoms with Crippen molar-refractivity contribution in [1.82, 2.24) is 4.98 Å². The predicted molar refractivity (Wildman–Crippen MR) is 98.6 cm³/mol. The Kier molecular flexibility index (Phi) is 4.95. The van der Waals surface area contributed by atoms with Gasteiger partial charge < -0.3 is 15.8 Å². The van der Waals surface area contributed by atoms with E-state index in [1.807, 2.05) is 49.4 Å². The molecule has 3 aromatic rings. The summed E-state index contributed by atoms with van der Waals surface area (Å²) in [6, 6.07) is 20.6. The third-order valence-corrected chi connectivity index (χ3v) is 3.65. The van der Waals surface area contributed by atoms with Crippen LogP contribution in [-0.2, 0) is 6.61 Å². The summed E-state index contributed by atoms with van der Waals surface area (Å²) in [5.74, 6) is 0.593. The van der Waals surface area contributed by atoms with Gasteiger partial charge in [0.25, 0.3) is 5.91 Å². The number of anilines is 2. The number of hydrogen-bond acceptors (Lipinski definition) is 4. The number of nitrogens with zero attached hydrogens (tertiary/aromatic N) is 1. The van der Waals surface area contributed by atoms with Crippen molar-refractivity contribution >= 4 is 17.4 Å². The standard InChI is InChI=1S/C20H19N3O2/c1-14-10-11-18(19(21)22-14)20(24)23-16-8-5-9-17(12-16)25-13-15-6-3-2-4-7-15/h2-12H,13H2,1H3,(H2,21,22)(H,23,24). The number of nitrogens with one attached hydrogen (secondary N) is 1. The average molecular weight is 333 g/mol. The molecule has 3 N–H and O–H groups in total. The fraction of sp³-hybridized carbons (Fsp3) is 0.100. The molecule has 5 nitrogen and oxygen atoms in total. The van der Waals surface area contributed by atoms with Gasteiger partial charge >= 0.3 is 0 Å². The number of nitrogen functional groups attached to an aromatic ring is 1. The Morgan fingerprint density at radius 1 is 1.08 bits per heavy atom. The molecule has 0 aliphatic rings. The molecule has 0 aliphatic carbocycles. The highest BCUT2D eigenvalue weighted by atomic mass is 16.5. The maximum absolute atomic E-state index is 12.4. The molecule has 0 atom stereocenters. The van der Waals surface area contributed by atoms with E-state index in [9.17, 15) is 4.79 Å². The van der Waals surface area contributed by atoms with E-state index >= 15 is 0 Å². The number of carbonyl (C=O) groups excluding carboxylic acids is 1. The Bertz CT molecular complexity index is 879. The zero-order valence-corrected chi connectivity index (χ0v) is 13.9. The first-order valence-electron chi connectivity index (χ1n) is 7.93. The van der Waals surface area contributed by atoms with Crippen molar-refractivity contribution in [1.29, 1.82) is 0 Å². The van der Waals surface area contributed by atoms with Gasteiger partial charge in [-0.3, -0.25) is 4.79 Å². The van der Waals surface area contributed by atoms with Crippen LogP contribution in [-0.4, -0.2) is 10.9 Å². The van der Waals surface area contributed by atoms with E-state index in [1.54, 1.807) is 24.3 Å². The predicted octanol–water partition coefficient (Wildman–Crippen LogP) is 3.80. The van der Waals surface area contributed by atoms with Gasteiger partial charge in [0.1, 0.15) is 18.2 Å². The molecule has 0 spiro atoms. The number of amides is 1. The Labute approximate surface area is 146 Å². The molecule has 1 aromatic heterocycles. The van der Waals surface area contributed by atoms with Crippen LogP contribution in [0.4, 0.5) is 11.5 Å². The van der Waals surface area contributed by atoms with Crippen molar-refractivity contribution < 1.29 is 9.53 Å². The molecular formula is C20H19N3O2. The smallest absolute Gasteiger partial charge is 0.259 e. The van der Waals surface area contributed by atoms with Gasteiger partial charge in [0.05, 0.1) is 5.56 Å². The summed E-state index contributed by atoms with van der Waals surface area (Å²) in [5, 5.41) is 2.82. The number of hydrogen-bond donors (Lipinski definition) is 2. The van der Waals surface area contributed by atoms with Gasteiger partial charge in [-0.2, -0.15) is 0 Å². The van der Waals surface area contributed by atoms with Crippen molar-refractivity contribution in [2.24, 2.45) is 0 Å². The van der Waals surface area contributed by atoms with Crippen molar-refractivity contribution in [3.8, 4) is 5.75 Å². The van der Waals surface area contributed by atoms with Crippen LogP contribution in [0.5, 0.6) is 5.75 Å². The lowest BCUT2D eigenvalue weighted by Gasteiger charge is -2.10. The van der Waals surface area contributed by atoms with E-state index in [-0.39, 0.29) is 11.7 Å². The Morgan fingerprint density at radius 3 is 2.64 bits per heavy atom. The van der Waals surface area contributed by atoms with Gasteiger partial charge in [0.2, 0.25) is 0 Å².